The van der Waals surface area contributed by atoms with Gasteiger partial charge in [-0.2, -0.15) is 0 Å². The third-order valence-corrected chi connectivity index (χ3v) is 7.90. The summed E-state index contributed by atoms with van der Waals surface area (Å²) in [5, 5.41) is 47.7. The van der Waals surface area contributed by atoms with Crippen LogP contribution in [0, 0.1) is 11.3 Å². The molecule has 3 rings (SSSR count). The molecule has 0 aromatic heterocycles. The molecule has 1 aliphatic heterocycles. The van der Waals surface area contributed by atoms with Gasteiger partial charge in [-0.15, -0.1) is 0 Å². The van der Waals surface area contributed by atoms with E-state index in [1.807, 2.05) is 6.07 Å². The van der Waals surface area contributed by atoms with Crippen molar-refractivity contribution >= 4 is 23.5 Å². The van der Waals surface area contributed by atoms with E-state index in [1.165, 1.54) is 12.1 Å². The van der Waals surface area contributed by atoms with Crippen molar-refractivity contribution in [3.63, 3.8) is 0 Å². The van der Waals surface area contributed by atoms with E-state index >= 15 is 0 Å². The maximum absolute atomic E-state index is 13.3. The van der Waals surface area contributed by atoms with Crippen molar-refractivity contribution < 1.29 is 44.3 Å². The molecule has 3 amide bonds. The molecule has 0 saturated carbocycles. The molecule has 1 aliphatic rings. The van der Waals surface area contributed by atoms with Crippen molar-refractivity contribution in [1.29, 1.82) is 0 Å². The Bertz CT molecular complexity index is 1240. The average Bonchev–Trinajstić information content (AvgIpc) is 3.01. The van der Waals surface area contributed by atoms with Crippen LogP contribution in [0.25, 0.3) is 0 Å². The number of benzene rings is 2. The fourth-order valence-electron chi connectivity index (χ4n) is 5.05. The van der Waals surface area contributed by atoms with E-state index in [4.69, 9.17) is 4.74 Å². The summed E-state index contributed by atoms with van der Waals surface area (Å²) in [5.74, 6) is -2.70. The highest BCUT2D eigenvalue weighted by molar-refractivity contribution is 6.09. The summed E-state index contributed by atoms with van der Waals surface area (Å²) in [6, 6.07) is 13.5. The maximum atomic E-state index is 13.3. The van der Waals surface area contributed by atoms with E-state index in [9.17, 15) is 39.6 Å². The summed E-state index contributed by atoms with van der Waals surface area (Å²) >= 11 is 0. The van der Waals surface area contributed by atoms with Crippen LogP contribution in [-0.2, 0) is 14.3 Å². The molecule has 2 aromatic carbocycles. The van der Waals surface area contributed by atoms with Crippen LogP contribution in [0.15, 0.2) is 54.6 Å². The smallest absolute Gasteiger partial charge is 0.252 e. The standard InChI is InChI=1S/C30H39N3O9/c1-4-20(27(39)33-22-25(37)24(36)21(15-34)42-28(22)40)30(3,5-2)29(41)32-16-31-26(38)19-13-11-18(12-14-19)23(35)17-9-7-6-8-10-17/h6-14,20-22,24-25,28,34,36-37,40H,4-5,15-16H2,1-3H3,(H,31,38)(H,32,41)(H,33,39). The number of amides is 3. The van der Waals surface area contributed by atoms with Gasteiger partial charge in [-0.1, -0.05) is 56.3 Å². The van der Waals surface area contributed by atoms with Crippen molar-refractivity contribution in [2.75, 3.05) is 13.3 Å². The van der Waals surface area contributed by atoms with E-state index in [0.717, 1.165) is 0 Å². The Hall–Kier alpha value is -3.68. The zero-order valence-corrected chi connectivity index (χ0v) is 23.8. The number of hydrogen-bond donors (Lipinski definition) is 7. The molecule has 1 saturated heterocycles. The zero-order chi connectivity index (χ0) is 31.0. The van der Waals surface area contributed by atoms with E-state index in [0.29, 0.717) is 11.1 Å². The zero-order valence-electron chi connectivity index (χ0n) is 23.8. The first kappa shape index (κ1) is 32.8. The molecule has 2 aromatic rings. The molecule has 7 unspecified atom stereocenters. The van der Waals surface area contributed by atoms with Crippen molar-refractivity contribution in [2.24, 2.45) is 11.3 Å². The molecule has 1 fully saturated rings. The summed E-state index contributed by atoms with van der Waals surface area (Å²) in [6.45, 7) is 4.17. The second-order valence-corrected chi connectivity index (χ2v) is 10.5. The molecule has 12 heteroatoms. The topological polar surface area (TPSA) is 195 Å². The molecule has 7 atom stereocenters. The van der Waals surface area contributed by atoms with Gasteiger partial charge in [0.05, 0.1) is 24.6 Å². The largest absolute Gasteiger partial charge is 0.394 e. The highest BCUT2D eigenvalue weighted by atomic mass is 16.6. The second kappa shape index (κ2) is 14.5. The lowest BCUT2D eigenvalue weighted by Crippen LogP contribution is -2.65. The van der Waals surface area contributed by atoms with E-state index in [-0.39, 0.29) is 30.9 Å². The van der Waals surface area contributed by atoms with Crippen LogP contribution >= 0.6 is 0 Å². The number of ketones is 1. The summed E-state index contributed by atoms with van der Waals surface area (Å²) in [4.78, 5) is 51.7. The Morgan fingerprint density at radius 1 is 0.881 bits per heavy atom. The predicted octanol–water partition coefficient (Wildman–Crippen LogP) is 0.0797. The van der Waals surface area contributed by atoms with Crippen molar-refractivity contribution in [2.45, 2.75) is 64.3 Å². The number of nitrogens with one attached hydrogen (secondary N) is 3. The number of rotatable bonds is 12. The Morgan fingerprint density at radius 2 is 1.48 bits per heavy atom. The van der Waals surface area contributed by atoms with Gasteiger partial charge in [-0.25, -0.2) is 0 Å². The Kier molecular flexibility index (Phi) is 11.3. The van der Waals surface area contributed by atoms with Crippen LogP contribution in [0.2, 0.25) is 0 Å². The van der Waals surface area contributed by atoms with Crippen LogP contribution in [0.4, 0.5) is 0 Å². The third kappa shape index (κ3) is 7.20. The van der Waals surface area contributed by atoms with Crippen LogP contribution in [0.3, 0.4) is 0 Å². The minimum atomic E-state index is -1.69. The number of hydrogen-bond acceptors (Lipinski definition) is 9. The van der Waals surface area contributed by atoms with Gasteiger partial charge in [0.2, 0.25) is 11.8 Å². The Morgan fingerprint density at radius 3 is 2.05 bits per heavy atom. The van der Waals surface area contributed by atoms with E-state index in [1.54, 1.807) is 57.2 Å². The van der Waals surface area contributed by atoms with Crippen LogP contribution in [0.5, 0.6) is 0 Å². The number of carbonyl (C=O) groups is 4. The summed E-state index contributed by atoms with van der Waals surface area (Å²) in [6.07, 6.45) is -5.60. The molecule has 1 heterocycles. The SMILES string of the molecule is CCC(C(=O)NC1C(O)OC(CO)C(O)C1O)C(C)(CC)C(=O)NCNC(=O)c1ccc(C(=O)c2ccccc2)cc1. The fourth-order valence-corrected chi connectivity index (χ4v) is 5.05. The van der Waals surface area contributed by atoms with E-state index < -0.39 is 66.3 Å². The van der Waals surface area contributed by atoms with Crippen molar-refractivity contribution in [3.05, 3.63) is 71.3 Å². The first-order valence-corrected chi connectivity index (χ1v) is 13.9. The van der Waals surface area contributed by atoms with Gasteiger partial charge in [-0.05, 0) is 31.9 Å². The Labute approximate surface area is 244 Å². The van der Waals surface area contributed by atoms with Gasteiger partial charge in [0.25, 0.3) is 5.91 Å². The van der Waals surface area contributed by atoms with Gasteiger partial charge in [0.15, 0.2) is 12.1 Å². The number of ether oxygens (including phenoxy) is 1. The van der Waals surface area contributed by atoms with Crippen molar-refractivity contribution in [3.8, 4) is 0 Å². The van der Waals surface area contributed by atoms with Crippen LogP contribution in [0.1, 0.15) is 59.9 Å². The number of aliphatic hydroxyl groups is 4. The normalized spacial score (nSPS) is 24.1. The van der Waals surface area contributed by atoms with Gasteiger partial charge in [-0.3, -0.25) is 19.2 Å². The molecule has 0 bridgehead atoms. The lowest BCUT2D eigenvalue weighted by atomic mass is 9.72. The maximum Gasteiger partial charge on any atom is 0.252 e. The molecule has 228 valence electrons. The van der Waals surface area contributed by atoms with Gasteiger partial charge in [0, 0.05) is 16.7 Å². The summed E-state index contributed by atoms with van der Waals surface area (Å²) in [7, 11) is 0. The first-order chi connectivity index (χ1) is 20.0. The molecular weight excluding hydrogens is 546 g/mol. The number of carbonyl (C=O) groups excluding carboxylic acids is 4. The highest BCUT2D eigenvalue weighted by Crippen LogP contribution is 2.34. The monoisotopic (exact) mass is 585 g/mol. The minimum absolute atomic E-state index is 0.172. The molecule has 12 nitrogen and oxygen atoms in total. The van der Waals surface area contributed by atoms with Gasteiger partial charge in [0.1, 0.15) is 24.4 Å². The molecule has 0 radical (unpaired) electrons. The van der Waals surface area contributed by atoms with Gasteiger partial charge >= 0.3 is 0 Å². The lowest BCUT2D eigenvalue weighted by Gasteiger charge is -2.42. The van der Waals surface area contributed by atoms with E-state index in [2.05, 4.69) is 16.0 Å². The van der Waals surface area contributed by atoms with Crippen molar-refractivity contribution in [1.82, 2.24) is 16.0 Å². The molecule has 0 spiro atoms. The Balaban J connectivity index is 1.59. The molecule has 7 N–H and O–H groups in total. The third-order valence-electron chi connectivity index (χ3n) is 7.90. The predicted molar refractivity (Wildman–Crippen MR) is 151 cm³/mol. The quantitative estimate of drug-likeness (QED) is 0.133. The second-order valence-electron chi connectivity index (χ2n) is 10.5. The molecule has 42 heavy (non-hydrogen) atoms. The number of aliphatic hydroxyl groups excluding tert-OH is 4. The lowest BCUT2D eigenvalue weighted by molar-refractivity contribution is -0.254. The fraction of sp³-hybridized carbons (Fsp3) is 0.467. The molecule has 0 aliphatic carbocycles. The average molecular weight is 586 g/mol. The van der Waals surface area contributed by atoms with Gasteiger partial charge < -0.3 is 41.1 Å². The van der Waals surface area contributed by atoms with Crippen LogP contribution < -0.4 is 16.0 Å². The molecular formula is C30H39N3O9. The first-order valence-electron chi connectivity index (χ1n) is 13.9. The van der Waals surface area contributed by atoms with Crippen LogP contribution in [-0.4, -0.2) is 87.9 Å². The highest BCUT2D eigenvalue weighted by Gasteiger charge is 2.47. The summed E-state index contributed by atoms with van der Waals surface area (Å²) in [5.41, 5.74) is 0.00937. The minimum Gasteiger partial charge on any atom is -0.394 e. The summed E-state index contributed by atoms with van der Waals surface area (Å²) < 4.78 is 5.10.